The molecular formula is C13H17NO6S. The second-order valence-electron chi connectivity index (χ2n) is 4.42. The Kier molecular flexibility index (Phi) is 5.08. The molecule has 8 heteroatoms. The molecule has 0 saturated carbocycles. The van der Waals surface area contributed by atoms with Gasteiger partial charge in [-0.15, -0.1) is 4.28 Å². The lowest BCUT2D eigenvalue weighted by Gasteiger charge is -2.28. The molecule has 1 aliphatic heterocycles. The molecule has 7 nitrogen and oxygen atoms in total. The third kappa shape index (κ3) is 3.40. The van der Waals surface area contributed by atoms with Gasteiger partial charge in [-0.3, -0.25) is 4.79 Å². The Bertz CT molecular complexity index is 654. The van der Waals surface area contributed by atoms with E-state index in [0.29, 0.717) is 5.06 Å². The SMILES string of the molecule is C.CC1CCN(C(=O)c2ccccc2C(=O)O)OS1(=O)=O. The summed E-state index contributed by atoms with van der Waals surface area (Å²) in [5.41, 5.74) is -0.304. The third-order valence-corrected chi connectivity index (χ3v) is 4.65. The fraction of sp³-hybridized carbons (Fsp3) is 0.385. The largest absolute Gasteiger partial charge is 0.478 e. The first-order valence-electron chi connectivity index (χ1n) is 5.90. The van der Waals surface area contributed by atoms with Crippen LogP contribution in [0, 0.1) is 0 Å². The van der Waals surface area contributed by atoms with Gasteiger partial charge in [0.2, 0.25) is 0 Å². The van der Waals surface area contributed by atoms with Crippen LogP contribution < -0.4 is 0 Å². The van der Waals surface area contributed by atoms with Crippen molar-refractivity contribution in [3.8, 4) is 0 Å². The van der Waals surface area contributed by atoms with E-state index >= 15 is 0 Å². The smallest absolute Gasteiger partial charge is 0.336 e. The first-order valence-corrected chi connectivity index (χ1v) is 7.37. The second-order valence-corrected chi connectivity index (χ2v) is 6.36. The van der Waals surface area contributed by atoms with Crippen LogP contribution in [-0.4, -0.2) is 42.3 Å². The van der Waals surface area contributed by atoms with E-state index in [1.807, 2.05) is 0 Å². The minimum atomic E-state index is -3.84. The summed E-state index contributed by atoms with van der Waals surface area (Å²) >= 11 is 0. The quantitative estimate of drug-likeness (QED) is 0.888. The Labute approximate surface area is 123 Å². The number of rotatable bonds is 2. The Morgan fingerprint density at radius 3 is 2.38 bits per heavy atom. The first-order chi connectivity index (χ1) is 9.33. The summed E-state index contributed by atoms with van der Waals surface area (Å²) in [6, 6.07) is 5.58. The van der Waals surface area contributed by atoms with Gasteiger partial charge in [-0.25, -0.2) is 4.79 Å². The highest BCUT2D eigenvalue weighted by Crippen LogP contribution is 2.21. The van der Waals surface area contributed by atoms with E-state index in [9.17, 15) is 18.0 Å². The molecule has 0 bridgehead atoms. The number of carbonyl (C=O) groups is 2. The number of carboxylic acids is 1. The van der Waals surface area contributed by atoms with Crippen LogP contribution in [0.3, 0.4) is 0 Å². The van der Waals surface area contributed by atoms with Crippen molar-refractivity contribution in [3.05, 3.63) is 35.4 Å². The minimum Gasteiger partial charge on any atom is -0.478 e. The summed E-state index contributed by atoms with van der Waals surface area (Å²) in [7, 11) is -3.84. The summed E-state index contributed by atoms with van der Waals surface area (Å²) in [5, 5.41) is 9.03. The zero-order chi connectivity index (χ0) is 14.9. The van der Waals surface area contributed by atoms with Crippen molar-refractivity contribution >= 4 is 22.0 Å². The Morgan fingerprint density at radius 1 is 1.29 bits per heavy atom. The Hall–Kier alpha value is -1.93. The minimum absolute atomic E-state index is 0. The van der Waals surface area contributed by atoms with Gasteiger partial charge in [0.1, 0.15) is 0 Å². The predicted octanol–water partition coefficient (Wildman–Crippen LogP) is 1.52. The number of aromatic carboxylic acids is 1. The van der Waals surface area contributed by atoms with Crippen molar-refractivity contribution in [1.29, 1.82) is 0 Å². The molecule has 116 valence electrons. The maximum absolute atomic E-state index is 12.2. The van der Waals surface area contributed by atoms with Crippen LogP contribution in [0.4, 0.5) is 0 Å². The van der Waals surface area contributed by atoms with E-state index in [1.165, 1.54) is 31.2 Å². The van der Waals surface area contributed by atoms with Crippen LogP contribution in [0.1, 0.15) is 41.5 Å². The molecule has 0 aromatic heterocycles. The third-order valence-electron chi connectivity index (χ3n) is 3.04. The highest BCUT2D eigenvalue weighted by Gasteiger charge is 2.35. The molecule has 1 saturated heterocycles. The maximum atomic E-state index is 12.2. The van der Waals surface area contributed by atoms with Gasteiger partial charge in [0.15, 0.2) is 0 Å². The number of hydrogen-bond donors (Lipinski definition) is 1. The molecule has 1 unspecified atom stereocenters. The second kappa shape index (κ2) is 6.23. The van der Waals surface area contributed by atoms with Crippen LogP contribution >= 0.6 is 0 Å². The van der Waals surface area contributed by atoms with Crippen LogP contribution in [0.2, 0.25) is 0 Å². The number of hydrogen-bond acceptors (Lipinski definition) is 5. The van der Waals surface area contributed by atoms with Crippen molar-refractivity contribution in [3.63, 3.8) is 0 Å². The average molecular weight is 315 g/mol. The van der Waals surface area contributed by atoms with Crippen molar-refractivity contribution in [2.75, 3.05) is 6.54 Å². The molecule has 1 amide bonds. The van der Waals surface area contributed by atoms with E-state index in [2.05, 4.69) is 0 Å². The van der Waals surface area contributed by atoms with E-state index in [1.54, 1.807) is 0 Å². The lowest BCUT2D eigenvalue weighted by molar-refractivity contribution is -0.0381. The van der Waals surface area contributed by atoms with Crippen molar-refractivity contribution in [2.24, 2.45) is 0 Å². The van der Waals surface area contributed by atoms with Crippen LogP contribution in [0.15, 0.2) is 24.3 Å². The number of amides is 1. The monoisotopic (exact) mass is 315 g/mol. The topological polar surface area (TPSA) is 101 Å². The van der Waals surface area contributed by atoms with Crippen molar-refractivity contribution in [2.45, 2.75) is 26.0 Å². The number of carboxylic acid groups (broad SMARTS) is 1. The molecule has 1 N–H and O–H groups in total. The van der Waals surface area contributed by atoms with Gasteiger partial charge in [0.05, 0.1) is 22.9 Å². The standard InChI is InChI=1S/C12H13NO6S.CH4/c1-8-6-7-13(19-20(8,17)18)11(14)9-4-2-3-5-10(9)12(15)16;/h2-5,8H,6-7H2,1H3,(H,15,16);1H4. The predicted molar refractivity (Wildman–Crippen MR) is 75.3 cm³/mol. The molecular weight excluding hydrogens is 298 g/mol. The van der Waals surface area contributed by atoms with Gasteiger partial charge in [0, 0.05) is 0 Å². The molecule has 1 aromatic rings. The highest BCUT2D eigenvalue weighted by atomic mass is 32.2. The molecule has 1 aliphatic rings. The molecule has 1 fully saturated rings. The summed E-state index contributed by atoms with van der Waals surface area (Å²) < 4.78 is 27.9. The van der Waals surface area contributed by atoms with Crippen molar-refractivity contribution < 1.29 is 27.4 Å². The van der Waals surface area contributed by atoms with Gasteiger partial charge in [-0.1, -0.05) is 19.6 Å². The van der Waals surface area contributed by atoms with Crippen molar-refractivity contribution in [1.82, 2.24) is 5.06 Å². The first kappa shape index (κ1) is 17.1. The molecule has 1 aromatic carbocycles. The lowest BCUT2D eigenvalue weighted by atomic mass is 10.1. The van der Waals surface area contributed by atoms with Gasteiger partial charge in [-0.05, 0) is 25.5 Å². The van der Waals surface area contributed by atoms with Gasteiger partial charge >= 0.3 is 5.97 Å². The summed E-state index contributed by atoms with van der Waals surface area (Å²) in [6.45, 7) is 1.58. The van der Waals surface area contributed by atoms with Gasteiger partial charge in [-0.2, -0.15) is 13.5 Å². The fourth-order valence-electron chi connectivity index (χ4n) is 1.81. The fourth-order valence-corrected chi connectivity index (χ4v) is 2.74. The van der Waals surface area contributed by atoms with E-state index in [-0.39, 0.29) is 31.5 Å². The zero-order valence-corrected chi connectivity index (χ0v) is 11.5. The Morgan fingerprint density at radius 2 is 1.86 bits per heavy atom. The highest BCUT2D eigenvalue weighted by molar-refractivity contribution is 7.87. The summed E-state index contributed by atoms with van der Waals surface area (Å²) in [5.74, 6) is -2.04. The molecule has 0 radical (unpaired) electrons. The normalized spacial score (nSPS) is 20.4. The molecule has 0 aliphatic carbocycles. The molecule has 1 atom stereocenters. The van der Waals surface area contributed by atoms with Gasteiger partial charge in [0.25, 0.3) is 16.0 Å². The molecule has 21 heavy (non-hydrogen) atoms. The summed E-state index contributed by atoms with van der Waals surface area (Å²) in [6.07, 6.45) is 0.239. The van der Waals surface area contributed by atoms with E-state index in [0.717, 1.165) is 0 Å². The lowest BCUT2D eigenvalue weighted by Crippen LogP contribution is -2.43. The number of nitrogens with zero attached hydrogens (tertiary/aromatic N) is 1. The molecule has 1 heterocycles. The van der Waals surface area contributed by atoms with E-state index < -0.39 is 27.2 Å². The van der Waals surface area contributed by atoms with Crippen LogP contribution in [-0.2, 0) is 14.4 Å². The van der Waals surface area contributed by atoms with Crippen LogP contribution in [0.25, 0.3) is 0 Å². The number of hydroxylamine groups is 2. The summed E-state index contributed by atoms with van der Waals surface area (Å²) in [4.78, 5) is 23.3. The molecule has 2 rings (SSSR count). The van der Waals surface area contributed by atoms with Gasteiger partial charge < -0.3 is 5.11 Å². The van der Waals surface area contributed by atoms with Crippen LogP contribution in [0.5, 0.6) is 0 Å². The average Bonchev–Trinajstić information content (AvgIpc) is 2.41. The zero-order valence-electron chi connectivity index (χ0n) is 10.6. The maximum Gasteiger partial charge on any atom is 0.336 e. The Balaban J connectivity index is 0.00000220. The van der Waals surface area contributed by atoms with E-state index in [4.69, 9.17) is 9.39 Å². The molecule has 0 spiro atoms. The number of benzene rings is 1. The number of carbonyl (C=O) groups excluding carboxylic acids is 1.